The van der Waals surface area contributed by atoms with Gasteiger partial charge in [0, 0.05) is 31.5 Å². The lowest BCUT2D eigenvalue weighted by Gasteiger charge is -2.19. The van der Waals surface area contributed by atoms with E-state index in [-0.39, 0.29) is 24.3 Å². The molecule has 0 aliphatic rings. The van der Waals surface area contributed by atoms with Crippen LogP contribution in [0.2, 0.25) is 0 Å². The number of carbonyl (C=O) groups is 1. The zero-order valence-corrected chi connectivity index (χ0v) is 11.7. The highest BCUT2D eigenvalue weighted by molar-refractivity contribution is 5.78. The summed E-state index contributed by atoms with van der Waals surface area (Å²) in [7, 11) is 1.84. The molecule has 1 amide bonds. The van der Waals surface area contributed by atoms with Gasteiger partial charge in [0.1, 0.15) is 0 Å². The average Bonchev–Trinajstić information content (AvgIpc) is 2.44. The van der Waals surface area contributed by atoms with Gasteiger partial charge >= 0.3 is 0 Å². The standard InChI is InChI=1S/C15H24N2O2/c1-12(10-16-2)15(19)17-11-14(8-9-18)13-6-4-3-5-7-13/h3-7,12,14,16,18H,8-11H2,1-2H3,(H,17,19). The summed E-state index contributed by atoms with van der Waals surface area (Å²) in [4.78, 5) is 11.9. The second kappa shape index (κ2) is 8.67. The summed E-state index contributed by atoms with van der Waals surface area (Å²) < 4.78 is 0. The molecule has 0 saturated carbocycles. The van der Waals surface area contributed by atoms with Gasteiger partial charge in [-0.05, 0) is 19.0 Å². The molecule has 2 atom stereocenters. The molecule has 4 nitrogen and oxygen atoms in total. The molecule has 0 bridgehead atoms. The van der Waals surface area contributed by atoms with E-state index in [1.807, 2.05) is 44.3 Å². The fourth-order valence-electron chi connectivity index (χ4n) is 2.06. The molecule has 0 aliphatic heterocycles. The monoisotopic (exact) mass is 264 g/mol. The number of carbonyl (C=O) groups excluding carboxylic acids is 1. The van der Waals surface area contributed by atoms with Crippen LogP contribution in [0.3, 0.4) is 0 Å². The first-order valence-electron chi connectivity index (χ1n) is 6.77. The van der Waals surface area contributed by atoms with Crippen LogP contribution in [0.25, 0.3) is 0 Å². The summed E-state index contributed by atoms with van der Waals surface area (Å²) in [6, 6.07) is 9.98. The van der Waals surface area contributed by atoms with Gasteiger partial charge in [0.15, 0.2) is 0 Å². The van der Waals surface area contributed by atoms with Crippen molar-refractivity contribution >= 4 is 5.91 Å². The van der Waals surface area contributed by atoms with Crippen LogP contribution in [0.1, 0.15) is 24.8 Å². The summed E-state index contributed by atoms with van der Waals surface area (Å²) in [5, 5.41) is 15.1. The Morgan fingerprint density at radius 2 is 1.95 bits per heavy atom. The highest BCUT2D eigenvalue weighted by atomic mass is 16.3. The van der Waals surface area contributed by atoms with Crippen LogP contribution >= 0.6 is 0 Å². The minimum atomic E-state index is -0.0458. The highest BCUT2D eigenvalue weighted by Crippen LogP contribution is 2.18. The molecular weight excluding hydrogens is 240 g/mol. The predicted molar refractivity (Wildman–Crippen MR) is 77.0 cm³/mol. The van der Waals surface area contributed by atoms with Crippen LogP contribution in [0.5, 0.6) is 0 Å². The number of benzene rings is 1. The Morgan fingerprint density at radius 1 is 1.26 bits per heavy atom. The van der Waals surface area contributed by atoms with Gasteiger partial charge < -0.3 is 15.7 Å². The van der Waals surface area contributed by atoms with Gasteiger partial charge in [-0.1, -0.05) is 37.3 Å². The zero-order valence-electron chi connectivity index (χ0n) is 11.7. The number of hydrogen-bond acceptors (Lipinski definition) is 3. The van der Waals surface area contributed by atoms with Crippen molar-refractivity contribution in [3.8, 4) is 0 Å². The van der Waals surface area contributed by atoms with E-state index in [1.165, 1.54) is 0 Å². The van der Waals surface area contributed by atoms with E-state index in [2.05, 4.69) is 10.6 Å². The lowest BCUT2D eigenvalue weighted by atomic mass is 9.96. The van der Waals surface area contributed by atoms with Crippen molar-refractivity contribution in [3.05, 3.63) is 35.9 Å². The molecule has 1 aromatic carbocycles. The quantitative estimate of drug-likeness (QED) is 0.659. The fourth-order valence-corrected chi connectivity index (χ4v) is 2.06. The van der Waals surface area contributed by atoms with Crippen molar-refractivity contribution in [1.29, 1.82) is 0 Å². The van der Waals surface area contributed by atoms with Gasteiger partial charge in [0.2, 0.25) is 5.91 Å². The third-order valence-corrected chi connectivity index (χ3v) is 3.23. The number of aliphatic hydroxyl groups excluding tert-OH is 1. The molecule has 0 radical (unpaired) electrons. The van der Waals surface area contributed by atoms with Crippen molar-refractivity contribution in [3.63, 3.8) is 0 Å². The fraction of sp³-hybridized carbons (Fsp3) is 0.533. The molecule has 2 unspecified atom stereocenters. The van der Waals surface area contributed by atoms with Crippen LogP contribution in [0, 0.1) is 5.92 Å². The number of hydrogen-bond donors (Lipinski definition) is 3. The Kier molecular flexibility index (Phi) is 7.15. The number of aliphatic hydroxyl groups is 1. The summed E-state index contributed by atoms with van der Waals surface area (Å²) in [5.74, 6) is 0.167. The van der Waals surface area contributed by atoms with E-state index in [1.54, 1.807) is 0 Å². The summed E-state index contributed by atoms with van der Waals surface area (Å²) >= 11 is 0. The molecule has 4 heteroatoms. The van der Waals surface area contributed by atoms with E-state index >= 15 is 0 Å². The Balaban J connectivity index is 2.53. The number of amides is 1. The molecule has 106 valence electrons. The van der Waals surface area contributed by atoms with E-state index in [4.69, 9.17) is 5.11 Å². The van der Waals surface area contributed by atoms with E-state index in [0.717, 1.165) is 5.56 Å². The smallest absolute Gasteiger partial charge is 0.224 e. The normalized spacial score (nSPS) is 13.8. The van der Waals surface area contributed by atoms with Crippen molar-refractivity contribution in [2.45, 2.75) is 19.3 Å². The Labute approximate surface area is 115 Å². The molecule has 0 saturated heterocycles. The molecule has 0 spiro atoms. The molecule has 1 aromatic rings. The Morgan fingerprint density at radius 3 is 2.53 bits per heavy atom. The van der Waals surface area contributed by atoms with Gasteiger partial charge in [-0.25, -0.2) is 0 Å². The van der Waals surface area contributed by atoms with Crippen molar-refractivity contribution in [2.75, 3.05) is 26.7 Å². The lowest BCUT2D eigenvalue weighted by molar-refractivity contribution is -0.124. The van der Waals surface area contributed by atoms with Gasteiger partial charge in [-0.2, -0.15) is 0 Å². The van der Waals surface area contributed by atoms with Gasteiger partial charge in [-0.3, -0.25) is 4.79 Å². The second-order valence-corrected chi connectivity index (χ2v) is 4.82. The van der Waals surface area contributed by atoms with Crippen molar-refractivity contribution in [2.24, 2.45) is 5.92 Å². The lowest BCUT2D eigenvalue weighted by Crippen LogP contribution is -2.36. The number of nitrogens with one attached hydrogen (secondary N) is 2. The molecule has 0 heterocycles. The summed E-state index contributed by atoms with van der Waals surface area (Å²) in [6.07, 6.45) is 0.657. The predicted octanol–water partition coefficient (Wildman–Crippen LogP) is 1.12. The van der Waals surface area contributed by atoms with Gasteiger partial charge in [0.25, 0.3) is 0 Å². The van der Waals surface area contributed by atoms with Gasteiger partial charge in [-0.15, -0.1) is 0 Å². The van der Waals surface area contributed by atoms with Crippen LogP contribution in [0.15, 0.2) is 30.3 Å². The van der Waals surface area contributed by atoms with E-state index in [0.29, 0.717) is 19.5 Å². The van der Waals surface area contributed by atoms with Crippen LogP contribution in [-0.4, -0.2) is 37.8 Å². The topological polar surface area (TPSA) is 61.4 Å². The molecule has 19 heavy (non-hydrogen) atoms. The highest BCUT2D eigenvalue weighted by Gasteiger charge is 2.15. The molecule has 1 rings (SSSR count). The van der Waals surface area contributed by atoms with Crippen molar-refractivity contribution in [1.82, 2.24) is 10.6 Å². The summed E-state index contributed by atoms with van der Waals surface area (Å²) in [5.41, 5.74) is 1.15. The summed E-state index contributed by atoms with van der Waals surface area (Å²) in [6.45, 7) is 3.26. The zero-order chi connectivity index (χ0) is 14.1. The first-order chi connectivity index (χ1) is 9.19. The third kappa shape index (κ3) is 5.41. The minimum Gasteiger partial charge on any atom is -0.396 e. The maximum atomic E-state index is 11.9. The molecule has 0 aromatic heterocycles. The maximum Gasteiger partial charge on any atom is 0.224 e. The minimum absolute atomic E-state index is 0.0458. The Hall–Kier alpha value is -1.39. The molecule has 0 aliphatic carbocycles. The second-order valence-electron chi connectivity index (χ2n) is 4.82. The van der Waals surface area contributed by atoms with E-state index in [9.17, 15) is 4.79 Å². The van der Waals surface area contributed by atoms with Crippen LogP contribution in [0.4, 0.5) is 0 Å². The van der Waals surface area contributed by atoms with Crippen LogP contribution in [-0.2, 0) is 4.79 Å². The van der Waals surface area contributed by atoms with Crippen molar-refractivity contribution < 1.29 is 9.90 Å². The maximum absolute atomic E-state index is 11.9. The van der Waals surface area contributed by atoms with E-state index < -0.39 is 0 Å². The third-order valence-electron chi connectivity index (χ3n) is 3.23. The largest absolute Gasteiger partial charge is 0.396 e. The average molecular weight is 264 g/mol. The molecule has 0 fully saturated rings. The Bertz CT molecular complexity index is 368. The molecular formula is C15H24N2O2. The first-order valence-corrected chi connectivity index (χ1v) is 6.77. The van der Waals surface area contributed by atoms with Gasteiger partial charge in [0.05, 0.1) is 0 Å². The number of rotatable bonds is 8. The molecule has 3 N–H and O–H groups in total. The van der Waals surface area contributed by atoms with Crippen LogP contribution < -0.4 is 10.6 Å². The SMILES string of the molecule is CNCC(C)C(=O)NCC(CCO)c1ccccc1. The first kappa shape index (κ1) is 15.7.